The summed E-state index contributed by atoms with van der Waals surface area (Å²) in [4.78, 5) is 60.2. The van der Waals surface area contributed by atoms with Gasteiger partial charge in [0.25, 0.3) is 0 Å². The molecule has 1 fully saturated rings. The molecule has 2 heterocycles. The van der Waals surface area contributed by atoms with E-state index in [1.165, 1.54) is 17.0 Å². The van der Waals surface area contributed by atoms with E-state index in [0.29, 0.717) is 16.5 Å². The number of carbonyl (C=O) groups is 4. The van der Waals surface area contributed by atoms with E-state index in [0.717, 1.165) is 33.8 Å². The van der Waals surface area contributed by atoms with Gasteiger partial charge in [-0.15, -0.1) is 11.3 Å². The second kappa shape index (κ2) is 20.2. The molecular weight excluding hydrogens is 886 g/mol. The van der Waals surface area contributed by atoms with Gasteiger partial charge in [0.2, 0.25) is 11.8 Å². The molecule has 0 aliphatic carbocycles. The minimum absolute atomic E-state index is 0.0136. The van der Waals surface area contributed by atoms with E-state index in [2.05, 4.69) is 20.9 Å². The number of thiazole rings is 1. The van der Waals surface area contributed by atoms with Gasteiger partial charge >= 0.3 is 0 Å². The molecule has 1 aliphatic heterocycles. The summed E-state index contributed by atoms with van der Waals surface area (Å²) >= 11 is 3.47. The van der Waals surface area contributed by atoms with Gasteiger partial charge in [-0.25, -0.2) is 18.2 Å². The Balaban J connectivity index is 1.07. The van der Waals surface area contributed by atoms with E-state index in [1.54, 1.807) is 22.9 Å². The van der Waals surface area contributed by atoms with Gasteiger partial charge in [-0.3, -0.25) is 19.2 Å². The van der Waals surface area contributed by atoms with E-state index in [9.17, 15) is 37.5 Å². The van der Waals surface area contributed by atoms with Crippen LogP contribution in [0.25, 0.3) is 10.4 Å². The molecule has 4 aromatic rings. The van der Waals surface area contributed by atoms with Crippen molar-refractivity contribution in [1.29, 1.82) is 0 Å². The maximum absolute atomic E-state index is 14.7. The van der Waals surface area contributed by atoms with E-state index < -0.39 is 59.0 Å². The number of ketones is 2. The van der Waals surface area contributed by atoms with Crippen molar-refractivity contribution in [3.05, 3.63) is 98.0 Å². The summed E-state index contributed by atoms with van der Waals surface area (Å²) in [5, 5.41) is 19.0. The highest BCUT2D eigenvalue weighted by atomic mass is 127. The van der Waals surface area contributed by atoms with Crippen LogP contribution in [0.2, 0.25) is 0 Å². The zero-order valence-corrected chi connectivity index (χ0v) is 35.6. The van der Waals surface area contributed by atoms with Gasteiger partial charge < -0.3 is 30.7 Å². The Bertz CT molecular complexity index is 2110. The Kier molecular flexibility index (Phi) is 15.6. The monoisotopic (exact) mass is 933 g/mol. The summed E-state index contributed by atoms with van der Waals surface area (Å²) in [6.07, 6.45) is -0.468. The van der Waals surface area contributed by atoms with Gasteiger partial charge in [-0.1, -0.05) is 45.0 Å². The molecule has 1 aliphatic rings. The third kappa shape index (κ3) is 11.7. The van der Waals surface area contributed by atoms with E-state index in [1.807, 2.05) is 74.6 Å². The average molecular weight is 934 g/mol. The Morgan fingerprint density at radius 1 is 1.05 bits per heavy atom. The van der Waals surface area contributed by atoms with Crippen LogP contribution in [0.4, 0.5) is 24.5 Å². The predicted octanol–water partition coefficient (Wildman–Crippen LogP) is 6.96. The second-order valence-electron chi connectivity index (χ2n) is 15.3. The van der Waals surface area contributed by atoms with Crippen LogP contribution in [-0.4, -0.2) is 83.4 Å². The van der Waals surface area contributed by atoms with Crippen molar-refractivity contribution >= 4 is 68.7 Å². The Hall–Kier alpha value is -4.23. The number of hydrogen-bond donors (Lipinski definition) is 4. The number of nitrogens with one attached hydrogen (secondary N) is 3. The fourth-order valence-corrected chi connectivity index (χ4v) is 7.90. The first-order chi connectivity index (χ1) is 27.5. The molecule has 0 unspecified atom stereocenters. The zero-order chi connectivity index (χ0) is 42.1. The maximum Gasteiger partial charge on any atom is 0.243 e. The minimum Gasteiger partial charge on any atom is -0.391 e. The number of amides is 2. The molecule has 0 saturated carbocycles. The van der Waals surface area contributed by atoms with Crippen LogP contribution in [0.15, 0.2) is 60.1 Å². The van der Waals surface area contributed by atoms with Gasteiger partial charge in [-0.2, -0.15) is 0 Å². The first kappa shape index (κ1) is 44.9. The van der Waals surface area contributed by atoms with E-state index >= 15 is 0 Å². The molecule has 0 spiro atoms. The zero-order valence-electron chi connectivity index (χ0n) is 32.7. The molecule has 3 aromatic carbocycles. The number of rotatable bonds is 18. The number of aryl methyl sites for hydroxylation is 1. The number of anilines is 2. The van der Waals surface area contributed by atoms with Gasteiger partial charge in [0.05, 0.1) is 40.1 Å². The number of hydrogen-bond acceptors (Lipinski definition) is 10. The Morgan fingerprint density at radius 3 is 2.47 bits per heavy atom. The van der Waals surface area contributed by atoms with E-state index in [4.69, 9.17) is 4.74 Å². The summed E-state index contributed by atoms with van der Waals surface area (Å²) in [7, 11) is 0. The van der Waals surface area contributed by atoms with Crippen LogP contribution in [-0.2, 0) is 25.7 Å². The van der Waals surface area contributed by atoms with Crippen molar-refractivity contribution < 1.29 is 42.2 Å². The lowest BCUT2D eigenvalue weighted by atomic mass is 9.76. The van der Waals surface area contributed by atoms with Crippen LogP contribution >= 0.6 is 33.9 Å². The Morgan fingerprint density at radius 2 is 1.79 bits per heavy atom. The summed E-state index contributed by atoms with van der Waals surface area (Å²) in [6.45, 7) is 7.70. The lowest BCUT2D eigenvalue weighted by Gasteiger charge is -2.34. The molecular formula is C42H47F3IN5O6S. The number of aliphatic hydroxyl groups is 1. The summed E-state index contributed by atoms with van der Waals surface area (Å²) < 4.78 is 49.3. The number of carbonyl (C=O) groups excluding carboxylic acids is 4. The molecule has 0 radical (unpaired) electrons. The fourth-order valence-electron chi connectivity index (χ4n) is 6.63. The van der Waals surface area contributed by atoms with Crippen molar-refractivity contribution in [1.82, 2.24) is 20.5 Å². The van der Waals surface area contributed by atoms with Crippen LogP contribution in [0.3, 0.4) is 0 Å². The first-order valence-electron chi connectivity index (χ1n) is 18.8. The van der Waals surface area contributed by atoms with Crippen molar-refractivity contribution in [2.24, 2.45) is 11.3 Å². The highest BCUT2D eigenvalue weighted by Crippen LogP contribution is 2.34. The standard InChI is InChI=1S/C42H47F3IN5O6S/c1-24-39(58-23-49-24)26-8-6-25(7-9-26)19-48-40(55)35-18-29(53)21-51(35)41(56)31(42(2,3)4)17-28(52)20-47-14-5-15-57-22-36(54)30-11-12-32(43)37(45)38(30)50-34-13-10-27(46)16-33(34)44/h6-13,16,23,29,31,35,47,50,53H,5,14-15,17-22H2,1-4H3,(H,48,55)/t29-,31-,35+/m1/s1. The van der Waals surface area contributed by atoms with Crippen molar-refractivity contribution in [2.45, 2.75) is 65.6 Å². The van der Waals surface area contributed by atoms with Crippen molar-refractivity contribution in [3.63, 3.8) is 0 Å². The quantitative estimate of drug-likeness (QED) is 0.0472. The highest BCUT2D eigenvalue weighted by Gasteiger charge is 2.44. The molecule has 2 amide bonds. The van der Waals surface area contributed by atoms with Gasteiger partial charge in [0.15, 0.2) is 17.4 Å². The smallest absolute Gasteiger partial charge is 0.243 e. The van der Waals surface area contributed by atoms with Crippen LogP contribution < -0.4 is 16.0 Å². The third-order valence-electron chi connectivity index (χ3n) is 9.85. The van der Waals surface area contributed by atoms with E-state index in [-0.39, 0.29) is 67.9 Å². The van der Waals surface area contributed by atoms with Crippen LogP contribution in [0.1, 0.15) is 61.6 Å². The fraction of sp³-hybridized carbons (Fsp3) is 0.405. The average Bonchev–Trinajstić information content (AvgIpc) is 3.79. The molecule has 4 N–H and O–H groups in total. The van der Waals surface area contributed by atoms with Gasteiger partial charge in [-0.05, 0) is 89.4 Å². The SMILES string of the molecule is Cc1ncsc1-c1ccc(CNC(=O)[C@@H]2C[C@@H](O)CN2C(=O)[C@@H](CC(=O)CNCCCOCC(=O)c2ccc(F)c(F)c2Nc2ccc(I)cc2F)C(C)(C)C)cc1. The van der Waals surface area contributed by atoms with Gasteiger partial charge in [0.1, 0.15) is 24.2 Å². The normalized spacial score (nSPS) is 16.0. The topological polar surface area (TPSA) is 150 Å². The number of likely N-dealkylation sites (tertiary alicyclic amines) is 1. The maximum atomic E-state index is 14.7. The number of halogens is 4. The summed E-state index contributed by atoms with van der Waals surface area (Å²) in [5.74, 6) is -5.60. The molecule has 0 bridgehead atoms. The number of aliphatic hydroxyl groups excluding tert-OH is 1. The molecule has 1 saturated heterocycles. The predicted molar refractivity (Wildman–Crippen MR) is 224 cm³/mol. The lowest BCUT2D eigenvalue weighted by Crippen LogP contribution is -2.50. The highest BCUT2D eigenvalue weighted by molar-refractivity contribution is 14.1. The second-order valence-corrected chi connectivity index (χ2v) is 17.4. The molecule has 11 nitrogen and oxygen atoms in total. The minimum atomic E-state index is -1.33. The van der Waals surface area contributed by atoms with Gasteiger partial charge in [0, 0.05) is 47.6 Å². The first-order valence-corrected chi connectivity index (χ1v) is 20.8. The molecule has 3 atom stereocenters. The molecule has 16 heteroatoms. The molecule has 5 rings (SSSR count). The number of nitrogens with zero attached hydrogens (tertiary/aromatic N) is 2. The van der Waals surface area contributed by atoms with Crippen LogP contribution in [0, 0.1) is 39.3 Å². The number of Topliss-reactive ketones (excluding diaryl/α,β-unsaturated/α-hetero) is 2. The largest absolute Gasteiger partial charge is 0.391 e. The number of β-amino-alcohol motifs (C(OH)–C–C–N with tert-alkyl or cyclic N) is 1. The lowest BCUT2D eigenvalue weighted by molar-refractivity contribution is -0.146. The number of ether oxygens (including phenoxy) is 1. The number of benzene rings is 3. The third-order valence-corrected chi connectivity index (χ3v) is 11.5. The van der Waals surface area contributed by atoms with Crippen LogP contribution in [0.5, 0.6) is 0 Å². The Labute approximate surface area is 353 Å². The van der Waals surface area contributed by atoms with Crippen molar-refractivity contribution in [3.8, 4) is 10.4 Å². The molecule has 1 aromatic heterocycles. The molecule has 310 valence electrons. The van der Waals surface area contributed by atoms with Crippen molar-refractivity contribution in [2.75, 3.05) is 38.2 Å². The summed E-state index contributed by atoms with van der Waals surface area (Å²) in [5.41, 5.74) is 3.20. The number of aromatic nitrogens is 1. The summed E-state index contributed by atoms with van der Waals surface area (Å²) in [6, 6.07) is 13.0. The molecule has 58 heavy (non-hydrogen) atoms.